The van der Waals surface area contributed by atoms with Gasteiger partial charge in [0.25, 0.3) is 5.70 Å². The Kier molecular flexibility index (Phi) is 4.82. The third kappa shape index (κ3) is 4.01. The molecular formula is C16H14N2O3. The highest BCUT2D eigenvalue weighted by Crippen LogP contribution is 2.12. The third-order valence-corrected chi connectivity index (χ3v) is 2.93. The molecule has 2 aromatic rings. The Morgan fingerprint density at radius 1 is 1.10 bits per heavy atom. The molecule has 0 aromatic heterocycles. The van der Waals surface area contributed by atoms with E-state index in [0.29, 0.717) is 5.56 Å². The highest BCUT2D eigenvalue weighted by molar-refractivity contribution is 6.02. The maximum absolute atomic E-state index is 11.2. The molecule has 0 saturated carbocycles. The first kappa shape index (κ1) is 14.5. The van der Waals surface area contributed by atoms with Crippen LogP contribution in [-0.4, -0.2) is 15.8 Å². The van der Waals surface area contributed by atoms with Crippen LogP contribution in [0.1, 0.15) is 11.1 Å². The van der Waals surface area contributed by atoms with Gasteiger partial charge in [0.1, 0.15) is 0 Å². The summed E-state index contributed by atoms with van der Waals surface area (Å²) in [6.07, 6.45) is 1.59. The summed E-state index contributed by atoms with van der Waals surface area (Å²) in [5, 5.41) is 23.5. The second kappa shape index (κ2) is 7.00. The first-order valence-corrected chi connectivity index (χ1v) is 6.37. The molecule has 0 unspecified atom stereocenters. The van der Waals surface area contributed by atoms with E-state index in [4.69, 9.17) is 5.21 Å². The molecule has 5 nitrogen and oxygen atoms in total. The number of nitrogens with zero attached hydrogens (tertiary/aromatic N) is 2. The second-order valence-electron chi connectivity index (χ2n) is 4.41. The predicted octanol–water partition coefficient (Wildman–Crippen LogP) is 3.38. The zero-order valence-corrected chi connectivity index (χ0v) is 11.2. The van der Waals surface area contributed by atoms with Crippen LogP contribution in [-0.2, 0) is 6.42 Å². The Morgan fingerprint density at radius 2 is 1.67 bits per heavy atom. The van der Waals surface area contributed by atoms with Crippen molar-refractivity contribution in [1.29, 1.82) is 0 Å². The summed E-state index contributed by atoms with van der Waals surface area (Å²) < 4.78 is 0. The van der Waals surface area contributed by atoms with Gasteiger partial charge in [-0.25, -0.2) is 0 Å². The smallest absolute Gasteiger partial charge is 0.295 e. The summed E-state index contributed by atoms with van der Waals surface area (Å²) in [6, 6.07) is 18.1. The second-order valence-corrected chi connectivity index (χ2v) is 4.41. The van der Waals surface area contributed by atoms with Gasteiger partial charge in [0, 0.05) is 12.5 Å². The fourth-order valence-electron chi connectivity index (χ4n) is 1.91. The summed E-state index contributed by atoms with van der Waals surface area (Å²) in [4.78, 5) is 10.7. The Labute approximate surface area is 122 Å². The summed E-state index contributed by atoms with van der Waals surface area (Å²) in [5.41, 5.74) is 1.33. The lowest BCUT2D eigenvalue weighted by Crippen LogP contribution is -2.14. The summed E-state index contributed by atoms with van der Waals surface area (Å²) in [7, 11) is 0. The maximum Gasteiger partial charge on any atom is 0.295 e. The predicted molar refractivity (Wildman–Crippen MR) is 80.8 cm³/mol. The van der Waals surface area contributed by atoms with Crippen LogP contribution < -0.4 is 0 Å². The van der Waals surface area contributed by atoms with Gasteiger partial charge in [-0.2, -0.15) is 0 Å². The molecule has 1 N–H and O–H groups in total. The van der Waals surface area contributed by atoms with Crippen LogP contribution in [0.3, 0.4) is 0 Å². The standard InChI is InChI=1S/C16H14N2O3/c19-17-15(11-13-7-3-1-4-8-13)16(18(20)21)12-14-9-5-2-6-10-14/h1-10,12,19H,11H2/b16-12+,17-15-. The lowest BCUT2D eigenvalue weighted by Gasteiger charge is -2.03. The average Bonchev–Trinajstić information content (AvgIpc) is 2.52. The minimum atomic E-state index is -0.537. The van der Waals surface area contributed by atoms with Gasteiger partial charge in [-0.05, 0) is 11.1 Å². The largest absolute Gasteiger partial charge is 0.410 e. The lowest BCUT2D eigenvalue weighted by atomic mass is 10.0. The lowest BCUT2D eigenvalue weighted by molar-refractivity contribution is -0.413. The zero-order valence-electron chi connectivity index (χ0n) is 11.2. The maximum atomic E-state index is 11.2. The van der Waals surface area contributed by atoms with Crippen molar-refractivity contribution >= 4 is 11.8 Å². The molecule has 0 spiro atoms. The zero-order chi connectivity index (χ0) is 15.1. The van der Waals surface area contributed by atoms with E-state index < -0.39 is 4.92 Å². The molecule has 0 aliphatic rings. The van der Waals surface area contributed by atoms with E-state index in [1.165, 1.54) is 6.08 Å². The van der Waals surface area contributed by atoms with Crippen molar-refractivity contribution in [2.75, 3.05) is 0 Å². The number of oxime groups is 1. The summed E-state index contributed by atoms with van der Waals surface area (Å²) >= 11 is 0. The number of nitro groups is 1. The van der Waals surface area contributed by atoms with E-state index in [0.717, 1.165) is 5.56 Å². The quantitative estimate of drug-likeness (QED) is 0.395. The average molecular weight is 282 g/mol. The first-order chi connectivity index (χ1) is 10.2. The number of allylic oxidation sites excluding steroid dienone is 1. The monoisotopic (exact) mass is 282 g/mol. The van der Waals surface area contributed by atoms with Crippen LogP contribution in [0.4, 0.5) is 0 Å². The van der Waals surface area contributed by atoms with Gasteiger partial charge in [0.15, 0.2) is 5.71 Å². The number of rotatable bonds is 5. The van der Waals surface area contributed by atoms with E-state index in [-0.39, 0.29) is 17.8 Å². The van der Waals surface area contributed by atoms with Crippen molar-refractivity contribution in [3.63, 3.8) is 0 Å². The SMILES string of the molecule is O=[N+]([O-])C(=C/c1ccccc1)/C(Cc1ccccc1)=N\O. The summed E-state index contributed by atoms with van der Waals surface area (Å²) in [5.74, 6) is 0. The van der Waals surface area contributed by atoms with Crippen LogP contribution in [0, 0.1) is 10.1 Å². The number of hydrogen-bond acceptors (Lipinski definition) is 4. The van der Waals surface area contributed by atoms with Crippen molar-refractivity contribution in [3.05, 3.63) is 87.6 Å². The molecule has 0 aliphatic carbocycles. The molecule has 5 heteroatoms. The molecule has 0 amide bonds. The van der Waals surface area contributed by atoms with E-state index in [2.05, 4.69) is 5.16 Å². The van der Waals surface area contributed by atoms with E-state index in [1.54, 1.807) is 24.3 Å². The van der Waals surface area contributed by atoms with Gasteiger partial charge >= 0.3 is 0 Å². The normalized spacial score (nSPS) is 12.2. The van der Waals surface area contributed by atoms with Gasteiger partial charge in [-0.1, -0.05) is 65.8 Å². The molecule has 0 fully saturated rings. The highest BCUT2D eigenvalue weighted by atomic mass is 16.6. The van der Waals surface area contributed by atoms with Crippen molar-refractivity contribution < 1.29 is 10.1 Å². The summed E-state index contributed by atoms with van der Waals surface area (Å²) in [6.45, 7) is 0. The van der Waals surface area contributed by atoms with Gasteiger partial charge in [0.05, 0.1) is 4.92 Å². The molecule has 0 aliphatic heterocycles. The van der Waals surface area contributed by atoms with Crippen molar-refractivity contribution in [2.24, 2.45) is 5.16 Å². The van der Waals surface area contributed by atoms with E-state index in [1.807, 2.05) is 36.4 Å². The minimum Gasteiger partial charge on any atom is -0.410 e. The van der Waals surface area contributed by atoms with Crippen molar-refractivity contribution in [1.82, 2.24) is 0 Å². The minimum absolute atomic E-state index is 0.0232. The van der Waals surface area contributed by atoms with Crippen LogP contribution in [0.25, 0.3) is 6.08 Å². The molecular weight excluding hydrogens is 268 g/mol. The van der Waals surface area contributed by atoms with Crippen molar-refractivity contribution in [2.45, 2.75) is 6.42 Å². The molecule has 21 heavy (non-hydrogen) atoms. The van der Waals surface area contributed by atoms with Gasteiger partial charge < -0.3 is 5.21 Å². The van der Waals surface area contributed by atoms with Gasteiger partial charge in [-0.15, -0.1) is 0 Å². The first-order valence-electron chi connectivity index (χ1n) is 6.37. The Morgan fingerprint density at radius 3 is 2.19 bits per heavy atom. The van der Waals surface area contributed by atoms with Crippen LogP contribution in [0.15, 0.2) is 71.5 Å². The molecule has 2 rings (SSSR count). The topological polar surface area (TPSA) is 75.7 Å². The van der Waals surface area contributed by atoms with E-state index >= 15 is 0 Å². The fourth-order valence-corrected chi connectivity index (χ4v) is 1.91. The molecule has 0 radical (unpaired) electrons. The van der Waals surface area contributed by atoms with E-state index in [9.17, 15) is 10.1 Å². The molecule has 2 aromatic carbocycles. The van der Waals surface area contributed by atoms with Gasteiger partial charge in [0.2, 0.25) is 0 Å². The van der Waals surface area contributed by atoms with Gasteiger partial charge in [-0.3, -0.25) is 10.1 Å². The molecule has 0 saturated heterocycles. The van der Waals surface area contributed by atoms with Crippen LogP contribution in [0.2, 0.25) is 0 Å². The molecule has 0 heterocycles. The Bertz CT molecular complexity index is 664. The fraction of sp³-hybridized carbons (Fsp3) is 0.0625. The number of benzene rings is 2. The Hall–Kier alpha value is -2.95. The third-order valence-electron chi connectivity index (χ3n) is 2.93. The molecule has 0 bridgehead atoms. The van der Waals surface area contributed by atoms with Crippen LogP contribution in [0.5, 0.6) is 0 Å². The van der Waals surface area contributed by atoms with Crippen molar-refractivity contribution in [3.8, 4) is 0 Å². The molecule has 0 atom stereocenters. The highest BCUT2D eigenvalue weighted by Gasteiger charge is 2.20. The molecule has 106 valence electrons. The Balaban J connectivity index is 2.32. The number of hydrogen-bond donors (Lipinski definition) is 1. The van der Waals surface area contributed by atoms with Crippen LogP contribution >= 0.6 is 0 Å².